The summed E-state index contributed by atoms with van der Waals surface area (Å²) >= 11 is 3.29. The molecule has 0 saturated heterocycles. The third-order valence-electron chi connectivity index (χ3n) is 2.95. The molecule has 0 aliphatic carbocycles. The van der Waals surface area contributed by atoms with Gasteiger partial charge in [-0.05, 0) is 46.6 Å². The lowest BCUT2D eigenvalue weighted by molar-refractivity contribution is -0.114. The highest BCUT2D eigenvalue weighted by atomic mass is 79.9. The number of hydrogen-bond acceptors (Lipinski definition) is 2. The second-order valence-electron chi connectivity index (χ2n) is 4.73. The van der Waals surface area contributed by atoms with Crippen LogP contribution in [0.15, 0.2) is 41.0 Å². The summed E-state index contributed by atoms with van der Waals surface area (Å²) in [5.41, 5.74) is 2.12. The minimum absolute atomic E-state index is 0.125. The van der Waals surface area contributed by atoms with Gasteiger partial charge in [0.1, 0.15) is 5.69 Å². The van der Waals surface area contributed by atoms with Gasteiger partial charge in [-0.15, -0.1) is 0 Å². The van der Waals surface area contributed by atoms with E-state index in [0.717, 1.165) is 10.0 Å². The van der Waals surface area contributed by atoms with Crippen LogP contribution in [0.3, 0.4) is 0 Å². The van der Waals surface area contributed by atoms with Gasteiger partial charge < -0.3 is 15.6 Å². The van der Waals surface area contributed by atoms with E-state index in [0.29, 0.717) is 11.4 Å². The summed E-state index contributed by atoms with van der Waals surface area (Å²) < 4.78 is 0.827. The molecule has 2 rings (SSSR count). The molecule has 6 heteroatoms. The molecule has 0 aliphatic heterocycles. The third kappa shape index (κ3) is 4.19. The van der Waals surface area contributed by atoms with Crippen LogP contribution in [0.1, 0.15) is 35.9 Å². The SMILES string of the molecule is CC(=O)Nc1cccc(C(C)NC(=O)c2cc(Br)c[nH]2)c1. The zero-order valence-corrected chi connectivity index (χ0v) is 13.3. The molecule has 0 saturated carbocycles. The van der Waals surface area contributed by atoms with Gasteiger partial charge in [0.05, 0.1) is 6.04 Å². The zero-order valence-electron chi connectivity index (χ0n) is 11.7. The van der Waals surface area contributed by atoms with Crippen LogP contribution in [0, 0.1) is 0 Å². The van der Waals surface area contributed by atoms with Gasteiger partial charge in [-0.1, -0.05) is 12.1 Å². The Hall–Kier alpha value is -2.08. The lowest BCUT2D eigenvalue weighted by Crippen LogP contribution is -2.26. The summed E-state index contributed by atoms with van der Waals surface area (Å²) in [5.74, 6) is -0.307. The largest absolute Gasteiger partial charge is 0.356 e. The number of anilines is 1. The molecule has 0 radical (unpaired) electrons. The van der Waals surface area contributed by atoms with E-state index in [1.165, 1.54) is 6.92 Å². The maximum atomic E-state index is 12.1. The number of carbonyl (C=O) groups is 2. The summed E-state index contributed by atoms with van der Waals surface area (Å²) in [4.78, 5) is 26.0. The number of rotatable bonds is 4. The van der Waals surface area contributed by atoms with E-state index in [4.69, 9.17) is 0 Å². The Morgan fingerprint density at radius 1 is 1.29 bits per heavy atom. The molecule has 1 aromatic heterocycles. The van der Waals surface area contributed by atoms with Gasteiger partial charge >= 0.3 is 0 Å². The Morgan fingerprint density at radius 2 is 2.05 bits per heavy atom. The molecule has 110 valence electrons. The lowest BCUT2D eigenvalue weighted by atomic mass is 10.1. The molecule has 1 aromatic carbocycles. The first-order chi connectivity index (χ1) is 9.95. The molecule has 2 amide bonds. The Balaban J connectivity index is 2.07. The van der Waals surface area contributed by atoms with E-state index in [1.54, 1.807) is 12.3 Å². The number of benzene rings is 1. The van der Waals surface area contributed by atoms with Crippen molar-refractivity contribution >= 4 is 33.4 Å². The van der Waals surface area contributed by atoms with E-state index in [1.807, 2.05) is 31.2 Å². The van der Waals surface area contributed by atoms with E-state index < -0.39 is 0 Å². The highest BCUT2D eigenvalue weighted by Gasteiger charge is 2.13. The van der Waals surface area contributed by atoms with Crippen molar-refractivity contribution in [2.45, 2.75) is 19.9 Å². The number of aromatic nitrogens is 1. The molecule has 1 unspecified atom stereocenters. The molecular formula is C15H16BrN3O2. The van der Waals surface area contributed by atoms with Crippen LogP contribution in [0.5, 0.6) is 0 Å². The van der Waals surface area contributed by atoms with Crippen LogP contribution in [-0.4, -0.2) is 16.8 Å². The fourth-order valence-corrected chi connectivity index (χ4v) is 2.29. The van der Waals surface area contributed by atoms with E-state index in [9.17, 15) is 9.59 Å². The van der Waals surface area contributed by atoms with Crippen molar-refractivity contribution in [3.63, 3.8) is 0 Å². The number of aromatic amines is 1. The molecule has 0 fully saturated rings. The predicted octanol–water partition coefficient (Wildman–Crippen LogP) is 3.23. The number of amides is 2. The molecule has 1 heterocycles. The molecule has 5 nitrogen and oxygen atoms in total. The van der Waals surface area contributed by atoms with Gasteiger partial charge in [0, 0.05) is 23.3 Å². The Labute approximate surface area is 131 Å². The number of H-pyrrole nitrogens is 1. The second-order valence-corrected chi connectivity index (χ2v) is 5.65. The average molecular weight is 350 g/mol. The highest BCUT2D eigenvalue weighted by molar-refractivity contribution is 9.10. The average Bonchev–Trinajstić information content (AvgIpc) is 2.85. The first-order valence-corrected chi connectivity index (χ1v) is 7.27. The smallest absolute Gasteiger partial charge is 0.268 e. The fraction of sp³-hybridized carbons (Fsp3) is 0.200. The molecule has 0 aliphatic rings. The normalized spacial score (nSPS) is 11.8. The molecule has 3 N–H and O–H groups in total. The van der Waals surface area contributed by atoms with Gasteiger partial charge in [-0.25, -0.2) is 0 Å². The third-order valence-corrected chi connectivity index (χ3v) is 3.40. The van der Waals surface area contributed by atoms with Crippen LogP contribution >= 0.6 is 15.9 Å². The number of carbonyl (C=O) groups excluding carboxylic acids is 2. The van der Waals surface area contributed by atoms with Crippen molar-refractivity contribution in [2.75, 3.05) is 5.32 Å². The fourth-order valence-electron chi connectivity index (χ4n) is 1.95. The Bertz CT molecular complexity index is 666. The topological polar surface area (TPSA) is 74.0 Å². The van der Waals surface area contributed by atoms with Crippen molar-refractivity contribution in [3.05, 3.63) is 52.3 Å². The Morgan fingerprint density at radius 3 is 2.67 bits per heavy atom. The first-order valence-electron chi connectivity index (χ1n) is 6.48. The molecule has 0 bridgehead atoms. The Kier molecular flexibility index (Phi) is 4.80. The summed E-state index contributed by atoms with van der Waals surface area (Å²) in [6, 6.07) is 8.94. The van der Waals surface area contributed by atoms with Crippen molar-refractivity contribution < 1.29 is 9.59 Å². The maximum Gasteiger partial charge on any atom is 0.268 e. The van der Waals surface area contributed by atoms with E-state index in [-0.39, 0.29) is 17.9 Å². The van der Waals surface area contributed by atoms with E-state index in [2.05, 4.69) is 31.5 Å². The number of hydrogen-bond donors (Lipinski definition) is 3. The highest BCUT2D eigenvalue weighted by Crippen LogP contribution is 2.18. The zero-order chi connectivity index (χ0) is 15.4. The number of halogens is 1. The van der Waals surface area contributed by atoms with Crippen LogP contribution in [0.25, 0.3) is 0 Å². The summed E-state index contributed by atoms with van der Waals surface area (Å²) in [5, 5.41) is 5.63. The predicted molar refractivity (Wildman–Crippen MR) is 85.1 cm³/mol. The molecule has 0 spiro atoms. The number of nitrogens with one attached hydrogen (secondary N) is 3. The van der Waals surface area contributed by atoms with Crippen LogP contribution in [0.4, 0.5) is 5.69 Å². The van der Waals surface area contributed by atoms with Gasteiger partial charge in [0.15, 0.2) is 0 Å². The molecule has 2 aromatic rings. The van der Waals surface area contributed by atoms with Crippen molar-refractivity contribution in [3.8, 4) is 0 Å². The standard InChI is InChI=1S/C15H16BrN3O2/c1-9(18-15(21)14-7-12(16)8-17-14)11-4-3-5-13(6-11)19-10(2)20/h3-9,17H,1-2H3,(H,18,21)(H,19,20). The van der Waals surface area contributed by atoms with Crippen LogP contribution in [-0.2, 0) is 4.79 Å². The minimum atomic E-state index is -0.182. The monoisotopic (exact) mass is 349 g/mol. The summed E-state index contributed by atoms with van der Waals surface area (Å²) in [6.45, 7) is 3.35. The molecule has 1 atom stereocenters. The van der Waals surface area contributed by atoms with Crippen molar-refractivity contribution in [2.24, 2.45) is 0 Å². The van der Waals surface area contributed by atoms with Gasteiger partial charge in [-0.2, -0.15) is 0 Å². The minimum Gasteiger partial charge on any atom is -0.356 e. The summed E-state index contributed by atoms with van der Waals surface area (Å²) in [6.07, 6.45) is 1.71. The van der Waals surface area contributed by atoms with Gasteiger partial charge in [0.25, 0.3) is 5.91 Å². The van der Waals surface area contributed by atoms with Crippen LogP contribution in [0.2, 0.25) is 0 Å². The summed E-state index contributed by atoms with van der Waals surface area (Å²) in [7, 11) is 0. The second kappa shape index (κ2) is 6.58. The van der Waals surface area contributed by atoms with Gasteiger partial charge in [0.2, 0.25) is 5.91 Å². The molecule has 21 heavy (non-hydrogen) atoms. The van der Waals surface area contributed by atoms with Crippen LogP contribution < -0.4 is 10.6 Å². The molecular weight excluding hydrogens is 334 g/mol. The lowest BCUT2D eigenvalue weighted by Gasteiger charge is -2.15. The van der Waals surface area contributed by atoms with Crippen molar-refractivity contribution in [1.82, 2.24) is 10.3 Å². The first kappa shape index (κ1) is 15.3. The maximum absolute atomic E-state index is 12.1. The van der Waals surface area contributed by atoms with E-state index >= 15 is 0 Å². The van der Waals surface area contributed by atoms with Gasteiger partial charge in [-0.3, -0.25) is 9.59 Å². The quantitative estimate of drug-likeness (QED) is 0.792. The van der Waals surface area contributed by atoms with Crippen molar-refractivity contribution in [1.29, 1.82) is 0 Å².